The van der Waals surface area contributed by atoms with Crippen molar-refractivity contribution in [1.82, 2.24) is 5.32 Å². The second-order valence-corrected chi connectivity index (χ2v) is 3.34. The molecule has 0 amide bonds. The molecule has 1 rings (SSSR count). The van der Waals surface area contributed by atoms with Crippen LogP contribution in [0.3, 0.4) is 0 Å². The first-order valence-electron chi connectivity index (χ1n) is 5.09. The van der Waals surface area contributed by atoms with E-state index in [1.807, 2.05) is 30.3 Å². The number of benzene rings is 1. The topological polar surface area (TPSA) is 55.4 Å². The number of likely N-dealkylation sites (N-methyl/N-ethyl adjacent to an activating group) is 1. The highest BCUT2D eigenvalue weighted by Gasteiger charge is 2.16. The summed E-state index contributed by atoms with van der Waals surface area (Å²) in [6.07, 6.45) is 0.828. The van der Waals surface area contributed by atoms with Gasteiger partial charge in [-0.15, -0.1) is 0 Å². The highest BCUT2D eigenvalue weighted by atomic mass is 16.5. The lowest BCUT2D eigenvalue weighted by Gasteiger charge is -2.12. The summed E-state index contributed by atoms with van der Waals surface area (Å²) in [7, 11) is 1.62. The van der Waals surface area contributed by atoms with Crippen LogP contribution >= 0.6 is 0 Å². The molecule has 4 heteroatoms. The maximum atomic E-state index is 11.5. The second kappa shape index (κ2) is 6.74. The maximum Gasteiger partial charge on any atom is 0.323 e. The van der Waals surface area contributed by atoms with Crippen LogP contribution in [0, 0.1) is 0 Å². The molecule has 1 unspecified atom stereocenters. The van der Waals surface area contributed by atoms with Gasteiger partial charge in [-0.25, -0.2) is 0 Å². The Morgan fingerprint density at radius 1 is 1.44 bits per heavy atom. The number of hydrogen-bond acceptors (Lipinski definition) is 4. The predicted molar refractivity (Wildman–Crippen MR) is 59.8 cm³/mol. The van der Waals surface area contributed by atoms with E-state index >= 15 is 0 Å². The molecule has 1 N–H and O–H groups in total. The Bertz CT molecular complexity index is 337. The van der Waals surface area contributed by atoms with Crippen LogP contribution in [-0.2, 0) is 20.9 Å². The number of hydrogen-bond donors (Lipinski definition) is 1. The van der Waals surface area contributed by atoms with Crippen LogP contribution in [-0.4, -0.2) is 25.3 Å². The molecule has 16 heavy (non-hydrogen) atoms. The van der Waals surface area contributed by atoms with Crippen molar-refractivity contribution in [2.75, 3.05) is 7.05 Å². The summed E-state index contributed by atoms with van der Waals surface area (Å²) in [4.78, 5) is 21.8. The summed E-state index contributed by atoms with van der Waals surface area (Å²) in [5.41, 5.74) is 0.928. The molecule has 0 aliphatic rings. The summed E-state index contributed by atoms with van der Waals surface area (Å²) < 4.78 is 5.07. The molecule has 0 spiro atoms. The molecule has 86 valence electrons. The Hall–Kier alpha value is -1.68. The highest BCUT2D eigenvalue weighted by Crippen LogP contribution is 2.02. The first-order chi connectivity index (χ1) is 7.77. The zero-order valence-corrected chi connectivity index (χ0v) is 9.18. The van der Waals surface area contributed by atoms with E-state index in [9.17, 15) is 9.59 Å². The summed E-state index contributed by atoms with van der Waals surface area (Å²) in [5, 5.41) is 2.73. The van der Waals surface area contributed by atoms with Gasteiger partial charge in [0.05, 0.1) is 0 Å². The summed E-state index contributed by atoms with van der Waals surface area (Å²) in [5.74, 6) is -0.404. The third-order valence-electron chi connectivity index (χ3n) is 2.19. The summed E-state index contributed by atoms with van der Waals surface area (Å²) >= 11 is 0. The van der Waals surface area contributed by atoms with Gasteiger partial charge in [-0.3, -0.25) is 4.79 Å². The quantitative estimate of drug-likeness (QED) is 0.573. The number of esters is 1. The van der Waals surface area contributed by atoms with Crippen molar-refractivity contribution in [3.05, 3.63) is 35.9 Å². The molecule has 0 radical (unpaired) electrons. The van der Waals surface area contributed by atoms with Crippen molar-refractivity contribution in [1.29, 1.82) is 0 Å². The molecule has 4 nitrogen and oxygen atoms in total. The zero-order chi connectivity index (χ0) is 11.8. The van der Waals surface area contributed by atoms with Gasteiger partial charge in [0.2, 0.25) is 0 Å². The fourth-order valence-corrected chi connectivity index (χ4v) is 1.26. The monoisotopic (exact) mass is 221 g/mol. The van der Waals surface area contributed by atoms with Gasteiger partial charge in [-0.05, 0) is 12.6 Å². The Balaban J connectivity index is 2.42. The third-order valence-corrected chi connectivity index (χ3v) is 2.19. The lowest BCUT2D eigenvalue weighted by molar-refractivity contribution is -0.148. The molecule has 1 aromatic rings. The minimum atomic E-state index is -0.554. The van der Waals surface area contributed by atoms with Crippen LogP contribution in [0.4, 0.5) is 0 Å². The van der Waals surface area contributed by atoms with Crippen molar-refractivity contribution in [3.63, 3.8) is 0 Å². The van der Waals surface area contributed by atoms with Gasteiger partial charge in [0.15, 0.2) is 0 Å². The molecule has 0 bridgehead atoms. The second-order valence-electron chi connectivity index (χ2n) is 3.34. The number of rotatable bonds is 6. The number of ether oxygens (including phenoxy) is 1. The van der Waals surface area contributed by atoms with E-state index in [4.69, 9.17) is 4.74 Å². The number of aldehydes is 1. The molecule has 0 aliphatic heterocycles. The Morgan fingerprint density at radius 2 is 2.12 bits per heavy atom. The van der Waals surface area contributed by atoms with Crippen LogP contribution in [0.5, 0.6) is 0 Å². The van der Waals surface area contributed by atoms with E-state index in [2.05, 4.69) is 5.32 Å². The van der Waals surface area contributed by atoms with Gasteiger partial charge in [-0.2, -0.15) is 0 Å². The average Bonchev–Trinajstić information content (AvgIpc) is 2.34. The number of carbonyl (C=O) groups excluding carboxylic acids is 2. The van der Waals surface area contributed by atoms with Crippen molar-refractivity contribution in [2.45, 2.75) is 19.1 Å². The van der Waals surface area contributed by atoms with E-state index in [0.717, 1.165) is 5.56 Å². The van der Waals surface area contributed by atoms with Crippen molar-refractivity contribution in [3.8, 4) is 0 Å². The fourth-order valence-electron chi connectivity index (χ4n) is 1.26. The predicted octanol–water partition coefficient (Wildman–Crippen LogP) is 0.907. The van der Waals surface area contributed by atoms with Crippen molar-refractivity contribution >= 4 is 12.3 Å². The van der Waals surface area contributed by atoms with Crippen molar-refractivity contribution in [2.24, 2.45) is 0 Å². The standard InChI is InChI=1S/C12H15NO3/c1-13-11(7-8-14)12(15)16-9-10-5-3-2-4-6-10/h2-6,8,11,13H,7,9H2,1H3. The third kappa shape index (κ3) is 3.82. The molecule has 0 aromatic heterocycles. The average molecular weight is 221 g/mol. The first-order valence-corrected chi connectivity index (χ1v) is 5.09. The van der Waals surface area contributed by atoms with Gasteiger partial charge in [0.25, 0.3) is 0 Å². The molecular formula is C12H15NO3. The normalized spacial score (nSPS) is 11.8. The molecule has 0 heterocycles. The lowest BCUT2D eigenvalue weighted by Crippen LogP contribution is -2.35. The Labute approximate surface area is 94.6 Å². The smallest absolute Gasteiger partial charge is 0.323 e. The largest absolute Gasteiger partial charge is 0.460 e. The van der Waals surface area contributed by atoms with Gasteiger partial charge >= 0.3 is 5.97 Å². The molecule has 0 fully saturated rings. The maximum absolute atomic E-state index is 11.5. The van der Waals surface area contributed by atoms with Gasteiger partial charge in [0, 0.05) is 6.42 Å². The SMILES string of the molecule is CNC(CC=O)C(=O)OCc1ccccc1. The Kier molecular flexibility index (Phi) is 5.22. The lowest BCUT2D eigenvalue weighted by atomic mass is 10.2. The molecule has 0 saturated heterocycles. The minimum absolute atomic E-state index is 0.129. The van der Waals surface area contributed by atoms with Gasteiger partial charge in [0.1, 0.15) is 18.9 Å². The van der Waals surface area contributed by atoms with Crippen molar-refractivity contribution < 1.29 is 14.3 Å². The first kappa shape index (κ1) is 12.4. The van der Waals surface area contributed by atoms with Crippen LogP contribution in [0.15, 0.2) is 30.3 Å². The van der Waals surface area contributed by atoms with Crippen LogP contribution in [0.25, 0.3) is 0 Å². The molecule has 1 aromatic carbocycles. The zero-order valence-electron chi connectivity index (χ0n) is 9.18. The van der Waals surface area contributed by atoms with E-state index in [0.29, 0.717) is 6.29 Å². The number of carbonyl (C=O) groups is 2. The summed E-state index contributed by atoms with van der Waals surface area (Å²) in [6.45, 7) is 0.233. The number of nitrogens with one attached hydrogen (secondary N) is 1. The van der Waals surface area contributed by atoms with E-state index < -0.39 is 12.0 Å². The van der Waals surface area contributed by atoms with E-state index in [-0.39, 0.29) is 13.0 Å². The van der Waals surface area contributed by atoms with E-state index in [1.165, 1.54) is 0 Å². The van der Waals surface area contributed by atoms with Crippen LogP contribution in [0.2, 0.25) is 0 Å². The fraction of sp³-hybridized carbons (Fsp3) is 0.333. The minimum Gasteiger partial charge on any atom is -0.460 e. The van der Waals surface area contributed by atoms with E-state index in [1.54, 1.807) is 7.05 Å². The molecular weight excluding hydrogens is 206 g/mol. The molecule has 0 aliphatic carbocycles. The van der Waals surface area contributed by atoms with Crippen LogP contribution < -0.4 is 5.32 Å². The molecule has 0 saturated carbocycles. The molecule has 1 atom stereocenters. The van der Waals surface area contributed by atoms with Gasteiger partial charge < -0.3 is 14.8 Å². The van der Waals surface area contributed by atoms with Crippen LogP contribution in [0.1, 0.15) is 12.0 Å². The summed E-state index contributed by atoms with van der Waals surface area (Å²) in [6, 6.07) is 8.85. The highest BCUT2D eigenvalue weighted by molar-refractivity contribution is 5.78. The Morgan fingerprint density at radius 3 is 2.69 bits per heavy atom. The van der Waals surface area contributed by atoms with Gasteiger partial charge in [-0.1, -0.05) is 30.3 Å².